The van der Waals surface area contributed by atoms with Crippen molar-refractivity contribution in [3.63, 3.8) is 0 Å². The summed E-state index contributed by atoms with van der Waals surface area (Å²) in [5, 5.41) is 8.31. The van der Waals surface area contributed by atoms with Crippen LogP contribution in [0.2, 0.25) is 0 Å². The average Bonchev–Trinajstić information content (AvgIpc) is 3.37. The molecule has 1 amide bonds. The summed E-state index contributed by atoms with van der Waals surface area (Å²) >= 11 is 0. The predicted molar refractivity (Wildman–Crippen MR) is 102 cm³/mol. The number of fused-ring (bicyclic) bond motifs is 1. The molecule has 0 unspecified atom stereocenters. The minimum Gasteiger partial charge on any atom is -0.379 e. The predicted octanol–water partition coefficient (Wildman–Crippen LogP) is 3.16. The number of para-hydroxylation sites is 1. The Morgan fingerprint density at radius 3 is 3.07 bits per heavy atom. The number of nitrogens with one attached hydrogen (secondary N) is 2. The molecule has 1 aliphatic rings. The number of hydrogen-bond donors (Lipinski definition) is 2. The van der Waals surface area contributed by atoms with Gasteiger partial charge in [-0.1, -0.05) is 23.4 Å². The third-order valence-corrected chi connectivity index (χ3v) is 5.21. The van der Waals surface area contributed by atoms with Crippen LogP contribution >= 0.6 is 0 Å². The summed E-state index contributed by atoms with van der Waals surface area (Å²) in [6.45, 7) is 3.11. The van der Waals surface area contributed by atoms with Crippen LogP contribution in [-0.2, 0) is 22.4 Å². The summed E-state index contributed by atoms with van der Waals surface area (Å²) in [5.74, 6) is 1.17. The van der Waals surface area contributed by atoms with Crippen LogP contribution in [0.15, 0.2) is 41.1 Å². The first-order valence-electron chi connectivity index (χ1n) is 9.53. The third kappa shape index (κ3) is 4.22. The number of benzene rings is 1. The Hall–Kier alpha value is -2.60. The van der Waals surface area contributed by atoms with Crippen molar-refractivity contribution in [2.45, 2.75) is 38.6 Å². The monoisotopic (exact) mass is 367 g/mol. The molecule has 142 valence electrons. The second-order valence-electron chi connectivity index (χ2n) is 7.32. The van der Waals surface area contributed by atoms with Gasteiger partial charge in [-0.15, -0.1) is 0 Å². The molecule has 2 aromatic heterocycles. The highest BCUT2D eigenvalue weighted by Gasteiger charge is 2.30. The van der Waals surface area contributed by atoms with E-state index in [2.05, 4.69) is 27.6 Å². The van der Waals surface area contributed by atoms with E-state index >= 15 is 0 Å². The second-order valence-corrected chi connectivity index (χ2v) is 7.32. The summed E-state index contributed by atoms with van der Waals surface area (Å²) < 4.78 is 10.9. The Bertz CT molecular complexity index is 914. The Balaban J connectivity index is 1.26. The van der Waals surface area contributed by atoms with Crippen LogP contribution in [0.25, 0.3) is 10.9 Å². The maximum atomic E-state index is 12.4. The molecule has 0 spiro atoms. The number of ether oxygens (including phenoxy) is 1. The molecular formula is C21H25N3O3. The number of carbonyl (C=O) groups excluding carboxylic acids is 1. The maximum Gasteiger partial charge on any atom is 0.220 e. The van der Waals surface area contributed by atoms with Crippen LogP contribution in [-0.4, -0.2) is 35.3 Å². The van der Waals surface area contributed by atoms with Gasteiger partial charge in [0, 0.05) is 41.9 Å². The van der Waals surface area contributed by atoms with E-state index in [0.717, 1.165) is 36.2 Å². The highest BCUT2D eigenvalue weighted by Crippen LogP contribution is 2.21. The van der Waals surface area contributed by atoms with Crippen molar-refractivity contribution in [3.05, 3.63) is 53.5 Å². The minimum atomic E-state index is 0.0380. The van der Waals surface area contributed by atoms with Crippen molar-refractivity contribution in [1.29, 1.82) is 0 Å². The van der Waals surface area contributed by atoms with Crippen LogP contribution in [0.4, 0.5) is 0 Å². The number of hydrogen-bond acceptors (Lipinski definition) is 4. The zero-order chi connectivity index (χ0) is 18.6. The number of carbonyl (C=O) groups is 1. The Kier molecular flexibility index (Phi) is 5.25. The molecular weight excluding hydrogens is 342 g/mol. The van der Waals surface area contributed by atoms with Crippen molar-refractivity contribution in [3.8, 4) is 0 Å². The molecule has 1 fully saturated rings. The Morgan fingerprint density at radius 2 is 2.22 bits per heavy atom. The van der Waals surface area contributed by atoms with Gasteiger partial charge in [0.05, 0.1) is 24.9 Å². The van der Waals surface area contributed by atoms with Gasteiger partial charge in [0.15, 0.2) is 0 Å². The largest absolute Gasteiger partial charge is 0.379 e. The van der Waals surface area contributed by atoms with E-state index in [-0.39, 0.29) is 17.9 Å². The molecule has 3 heterocycles. The van der Waals surface area contributed by atoms with E-state index in [0.29, 0.717) is 19.6 Å². The van der Waals surface area contributed by atoms with Crippen molar-refractivity contribution < 1.29 is 14.1 Å². The first kappa shape index (κ1) is 17.8. The number of nitrogens with zero attached hydrogens (tertiary/aromatic N) is 1. The fourth-order valence-electron chi connectivity index (χ4n) is 3.79. The topological polar surface area (TPSA) is 80.1 Å². The molecule has 1 saturated heterocycles. The van der Waals surface area contributed by atoms with Crippen LogP contribution in [0, 0.1) is 12.8 Å². The molecule has 0 aliphatic carbocycles. The van der Waals surface area contributed by atoms with Gasteiger partial charge in [0.2, 0.25) is 5.91 Å². The quantitative estimate of drug-likeness (QED) is 0.672. The Labute approximate surface area is 158 Å². The normalized spacial score (nSPS) is 19.6. The molecule has 1 aliphatic heterocycles. The van der Waals surface area contributed by atoms with Crippen molar-refractivity contribution in [2.24, 2.45) is 5.92 Å². The van der Waals surface area contributed by atoms with Crippen LogP contribution in [0.1, 0.15) is 29.9 Å². The highest BCUT2D eigenvalue weighted by atomic mass is 16.5. The lowest BCUT2D eigenvalue weighted by molar-refractivity contribution is -0.122. The lowest BCUT2D eigenvalue weighted by atomic mass is 9.98. The zero-order valence-corrected chi connectivity index (χ0v) is 15.5. The molecule has 4 rings (SSSR count). The van der Waals surface area contributed by atoms with Gasteiger partial charge >= 0.3 is 0 Å². The zero-order valence-electron chi connectivity index (χ0n) is 15.5. The van der Waals surface area contributed by atoms with Crippen LogP contribution < -0.4 is 5.32 Å². The molecule has 2 N–H and O–H groups in total. The highest BCUT2D eigenvalue weighted by molar-refractivity contribution is 5.83. The van der Waals surface area contributed by atoms with Crippen molar-refractivity contribution in [2.75, 3.05) is 13.2 Å². The second kappa shape index (κ2) is 7.96. The van der Waals surface area contributed by atoms with Gasteiger partial charge < -0.3 is 19.6 Å². The number of H-pyrrole nitrogens is 1. The lowest BCUT2D eigenvalue weighted by Gasteiger charge is -2.18. The fraction of sp³-hybridized carbons (Fsp3) is 0.429. The number of aryl methyl sites for hydroxylation is 2. The van der Waals surface area contributed by atoms with Gasteiger partial charge in [0.25, 0.3) is 0 Å². The average molecular weight is 367 g/mol. The molecule has 6 nitrogen and oxygen atoms in total. The van der Waals surface area contributed by atoms with E-state index < -0.39 is 0 Å². The van der Waals surface area contributed by atoms with E-state index in [1.54, 1.807) is 0 Å². The molecule has 3 aromatic rings. The first-order chi connectivity index (χ1) is 13.2. The lowest BCUT2D eigenvalue weighted by Crippen LogP contribution is -2.40. The molecule has 2 atom stereocenters. The summed E-state index contributed by atoms with van der Waals surface area (Å²) in [5.41, 5.74) is 3.29. The Morgan fingerprint density at radius 1 is 1.33 bits per heavy atom. The summed E-state index contributed by atoms with van der Waals surface area (Å²) in [6, 6.07) is 10.2. The summed E-state index contributed by atoms with van der Waals surface area (Å²) in [4.78, 5) is 15.7. The number of rotatable bonds is 7. The van der Waals surface area contributed by atoms with Crippen LogP contribution in [0.5, 0.6) is 0 Å². The van der Waals surface area contributed by atoms with E-state index in [1.165, 1.54) is 10.9 Å². The number of amides is 1. The van der Waals surface area contributed by atoms with Crippen molar-refractivity contribution >= 4 is 16.8 Å². The van der Waals surface area contributed by atoms with Crippen LogP contribution in [0.3, 0.4) is 0 Å². The minimum absolute atomic E-state index is 0.0380. The van der Waals surface area contributed by atoms with Gasteiger partial charge in [0.1, 0.15) is 5.76 Å². The van der Waals surface area contributed by atoms with E-state index in [9.17, 15) is 4.79 Å². The molecule has 6 heteroatoms. The van der Waals surface area contributed by atoms with E-state index in [4.69, 9.17) is 9.26 Å². The fourth-order valence-corrected chi connectivity index (χ4v) is 3.79. The van der Waals surface area contributed by atoms with Crippen molar-refractivity contribution in [1.82, 2.24) is 15.5 Å². The first-order valence-corrected chi connectivity index (χ1v) is 9.53. The van der Waals surface area contributed by atoms with Gasteiger partial charge in [-0.3, -0.25) is 4.79 Å². The number of aromatic amines is 1. The smallest absolute Gasteiger partial charge is 0.220 e. The van der Waals surface area contributed by atoms with E-state index in [1.807, 2.05) is 31.3 Å². The molecule has 0 bridgehead atoms. The SMILES string of the molecule is Cc1cc(C[C@@H]2COC[C@@H]2NC(=O)CCCc2c[nH]c3ccccc23)on1. The maximum absolute atomic E-state index is 12.4. The van der Waals surface area contributed by atoms with Gasteiger partial charge in [-0.2, -0.15) is 0 Å². The number of aromatic nitrogens is 2. The molecule has 1 aromatic carbocycles. The van der Waals surface area contributed by atoms with Gasteiger partial charge in [-0.05, 0) is 31.4 Å². The standard InChI is InChI=1S/C21H25N3O3/c1-14-9-17(27-24-14)10-16-12-26-13-20(16)23-21(25)8-4-5-15-11-22-19-7-3-2-6-18(15)19/h2-3,6-7,9,11,16,20,22H,4-5,8,10,12-13H2,1H3,(H,23,25)/t16-,20+/m1/s1. The summed E-state index contributed by atoms with van der Waals surface area (Å²) in [6.07, 6.45) is 5.01. The third-order valence-electron chi connectivity index (χ3n) is 5.21. The molecule has 0 radical (unpaired) electrons. The molecule has 27 heavy (non-hydrogen) atoms. The summed E-state index contributed by atoms with van der Waals surface area (Å²) in [7, 11) is 0. The molecule has 0 saturated carbocycles. The van der Waals surface area contributed by atoms with Gasteiger partial charge in [-0.25, -0.2) is 0 Å².